The van der Waals surface area contributed by atoms with Gasteiger partial charge < -0.3 is 13.9 Å². The minimum Gasteiger partial charge on any atom is -0.475 e. The highest BCUT2D eigenvalue weighted by atomic mass is 32.2. The van der Waals surface area contributed by atoms with Gasteiger partial charge in [-0.1, -0.05) is 0 Å². The van der Waals surface area contributed by atoms with E-state index in [0.717, 1.165) is 6.07 Å². The summed E-state index contributed by atoms with van der Waals surface area (Å²) in [4.78, 5) is 10.5. The molecule has 2 heterocycles. The van der Waals surface area contributed by atoms with E-state index in [0.29, 0.717) is 5.76 Å². The Morgan fingerprint density at radius 2 is 2.21 bits per heavy atom. The zero-order valence-electron chi connectivity index (χ0n) is 9.91. The lowest BCUT2D eigenvalue weighted by Crippen LogP contribution is -2.23. The predicted molar refractivity (Wildman–Crippen MR) is 63.1 cm³/mol. The highest BCUT2D eigenvalue weighted by Crippen LogP contribution is 2.20. The summed E-state index contributed by atoms with van der Waals surface area (Å²) >= 11 is 0. The zero-order valence-corrected chi connectivity index (χ0v) is 10.7. The van der Waals surface area contributed by atoms with E-state index in [1.807, 2.05) is 0 Å². The van der Waals surface area contributed by atoms with Crippen LogP contribution >= 0.6 is 0 Å². The smallest absolute Gasteiger partial charge is 0.371 e. The number of carbonyl (C=O) groups is 1. The SMILES string of the molecule is Cc1oc(C(=O)O)cc1S(=O)(=O)NCc1ccco1. The molecule has 0 aliphatic heterocycles. The molecule has 0 atom stereocenters. The number of carboxylic acids is 1. The number of hydrogen-bond acceptors (Lipinski definition) is 5. The second-order valence-corrected chi connectivity index (χ2v) is 5.48. The maximum atomic E-state index is 12.0. The van der Waals surface area contributed by atoms with Crippen molar-refractivity contribution in [1.29, 1.82) is 0 Å². The van der Waals surface area contributed by atoms with Crippen molar-refractivity contribution in [2.24, 2.45) is 0 Å². The van der Waals surface area contributed by atoms with Gasteiger partial charge in [0.2, 0.25) is 15.8 Å². The van der Waals surface area contributed by atoms with Crippen LogP contribution in [0.4, 0.5) is 0 Å². The number of sulfonamides is 1. The molecule has 0 fully saturated rings. The van der Waals surface area contributed by atoms with Crippen LogP contribution in [0.5, 0.6) is 0 Å². The molecule has 2 aromatic heterocycles. The summed E-state index contributed by atoms with van der Waals surface area (Å²) < 4.78 is 36.1. The van der Waals surface area contributed by atoms with Crippen molar-refractivity contribution in [3.8, 4) is 0 Å². The molecule has 7 nitrogen and oxygen atoms in total. The lowest BCUT2D eigenvalue weighted by atomic mass is 10.4. The molecule has 19 heavy (non-hydrogen) atoms. The van der Waals surface area contributed by atoms with Gasteiger partial charge in [-0.3, -0.25) is 0 Å². The Bertz CT molecular complexity index is 683. The maximum absolute atomic E-state index is 12.0. The van der Waals surface area contributed by atoms with E-state index in [1.165, 1.54) is 13.2 Å². The molecule has 0 aliphatic carbocycles. The van der Waals surface area contributed by atoms with Gasteiger partial charge in [0.15, 0.2) is 0 Å². The zero-order chi connectivity index (χ0) is 14.0. The van der Waals surface area contributed by atoms with E-state index >= 15 is 0 Å². The second-order valence-electron chi connectivity index (χ2n) is 3.74. The van der Waals surface area contributed by atoms with Crippen molar-refractivity contribution in [3.63, 3.8) is 0 Å². The number of rotatable bonds is 5. The van der Waals surface area contributed by atoms with Crippen LogP contribution in [0, 0.1) is 6.92 Å². The molecule has 2 aromatic rings. The Kier molecular flexibility index (Phi) is 3.45. The van der Waals surface area contributed by atoms with E-state index in [1.54, 1.807) is 12.1 Å². The first-order valence-electron chi connectivity index (χ1n) is 5.26. The molecular weight excluding hydrogens is 274 g/mol. The third kappa shape index (κ3) is 2.85. The number of nitrogens with one attached hydrogen (secondary N) is 1. The quantitative estimate of drug-likeness (QED) is 0.858. The van der Waals surface area contributed by atoms with Crippen molar-refractivity contribution in [2.45, 2.75) is 18.4 Å². The van der Waals surface area contributed by atoms with Gasteiger partial charge in [0.1, 0.15) is 16.4 Å². The highest BCUT2D eigenvalue weighted by molar-refractivity contribution is 7.89. The summed E-state index contributed by atoms with van der Waals surface area (Å²) in [5, 5.41) is 8.74. The topological polar surface area (TPSA) is 110 Å². The lowest BCUT2D eigenvalue weighted by molar-refractivity contribution is 0.0661. The minimum absolute atomic E-state index is 0.0179. The number of aryl methyl sites for hydroxylation is 1. The average Bonchev–Trinajstić information content (AvgIpc) is 2.95. The van der Waals surface area contributed by atoms with Crippen molar-refractivity contribution in [1.82, 2.24) is 4.72 Å². The number of furan rings is 2. The van der Waals surface area contributed by atoms with Crippen LogP contribution < -0.4 is 4.72 Å². The molecule has 0 unspecified atom stereocenters. The van der Waals surface area contributed by atoms with Crippen LogP contribution in [0.25, 0.3) is 0 Å². The van der Waals surface area contributed by atoms with Crippen molar-refractivity contribution < 1.29 is 27.2 Å². The van der Waals surface area contributed by atoms with Gasteiger partial charge in [-0.05, 0) is 19.1 Å². The van der Waals surface area contributed by atoms with Gasteiger partial charge in [-0.25, -0.2) is 17.9 Å². The van der Waals surface area contributed by atoms with Crippen LogP contribution in [0.3, 0.4) is 0 Å². The van der Waals surface area contributed by atoms with Crippen molar-refractivity contribution in [3.05, 3.63) is 41.7 Å². The summed E-state index contributed by atoms with van der Waals surface area (Å²) in [6.07, 6.45) is 1.43. The van der Waals surface area contributed by atoms with Crippen LogP contribution in [0.15, 0.2) is 38.2 Å². The molecule has 0 bridgehead atoms. The van der Waals surface area contributed by atoms with E-state index in [-0.39, 0.29) is 17.2 Å². The Balaban J connectivity index is 2.22. The molecule has 2 N–H and O–H groups in total. The molecule has 2 rings (SSSR count). The van der Waals surface area contributed by atoms with Gasteiger partial charge >= 0.3 is 5.97 Å². The van der Waals surface area contributed by atoms with E-state index < -0.39 is 21.8 Å². The summed E-state index contributed by atoms with van der Waals surface area (Å²) in [6.45, 7) is 1.36. The Morgan fingerprint density at radius 1 is 1.47 bits per heavy atom. The second kappa shape index (κ2) is 4.90. The lowest BCUT2D eigenvalue weighted by Gasteiger charge is -2.03. The standard InChI is InChI=1S/C11H11NO6S/c1-7-10(5-9(18-7)11(13)14)19(15,16)12-6-8-3-2-4-17-8/h2-5,12H,6H2,1H3,(H,13,14). The molecule has 0 radical (unpaired) electrons. The molecule has 102 valence electrons. The number of carboxylic acid groups (broad SMARTS) is 1. The highest BCUT2D eigenvalue weighted by Gasteiger charge is 2.23. The van der Waals surface area contributed by atoms with E-state index in [4.69, 9.17) is 13.9 Å². The molecule has 0 aromatic carbocycles. The Labute approximate surface area is 108 Å². The van der Waals surface area contributed by atoms with Gasteiger partial charge in [0.25, 0.3) is 0 Å². The monoisotopic (exact) mass is 285 g/mol. The summed E-state index contributed by atoms with van der Waals surface area (Å²) in [5.74, 6) is -1.28. The first-order chi connectivity index (χ1) is 8.90. The van der Waals surface area contributed by atoms with Crippen LogP contribution in [-0.2, 0) is 16.6 Å². The summed E-state index contributed by atoms with van der Waals surface area (Å²) in [7, 11) is -3.85. The summed E-state index contributed by atoms with van der Waals surface area (Å²) in [5.41, 5.74) is 0. The number of aromatic carboxylic acids is 1. The number of hydrogen-bond donors (Lipinski definition) is 2. The van der Waals surface area contributed by atoms with Gasteiger partial charge in [0.05, 0.1) is 12.8 Å². The molecule has 0 saturated heterocycles. The van der Waals surface area contributed by atoms with Crippen molar-refractivity contribution in [2.75, 3.05) is 0 Å². The third-order valence-corrected chi connectivity index (χ3v) is 3.90. The Hall–Kier alpha value is -2.06. The van der Waals surface area contributed by atoms with Crippen LogP contribution in [0.2, 0.25) is 0 Å². The fourth-order valence-corrected chi connectivity index (χ4v) is 2.66. The molecule has 0 spiro atoms. The van der Waals surface area contributed by atoms with Crippen LogP contribution in [0.1, 0.15) is 22.1 Å². The van der Waals surface area contributed by atoms with Gasteiger partial charge in [-0.2, -0.15) is 0 Å². The molecular formula is C11H11NO6S. The first kappa shape index (κ1) is 13.4. The van der Waals surface area contributed by atoms with E-state index in [2.05, 4.69) is 4.72 Å². The molecule has 0 saturated carbocycles. The fourth-order valence-electron chi connectivity index (χ4n) is 1.49. The maximum Gasteiger partial charge on any atom is 0.371 e. The van der Waals surface area contributed by atoms with Gasteiger partial charge in [-0.15, -0.1) is 0 Å². The average molecular weight is 285 g/mol. The first-order valence-corrected chi connectivity index (χ1v) is 6.74. The third-order valence-electron chi connectivity index (χ3n) is 2.39. The summed E-state index contributed by atoms with van der Waals surface area (Å²) in [6, 6.07) is 4.23. The normalized spacial score (nSPS) is 11.6. The Morgan fingerprint density at radius 3 is 2.74 bits per heavy atom. The fraction of sp³-hybridized carbons (Fsp3) is 0.182. The van der Waals surface area contributed by atoms with Gasteiger partial charge in [0, 0.05) is 6.07 Å². The largest absolute Gasteiger partial charge is 0.475 e. The molecule has 0 aliphatic rings. The molecule has 0 amide bonds. The predicted octanol–water partition coefficient (Wildman–Crippen LogP) is 1.36. The van der Waals surface area contributed by atoms with E-state index in [9.17, 15) is 13.2 Å². The van der Waals surface area contributed by atoms with Crippen LogP contribution in [-0.4, -0.2) is 19.5 Å². The van der Waals surface area contributed by atoms with Crippen molar-refractivity contribution >= 4 is 16.0 Å². The minimum atomic E-state index is -3.85. The molecule has 8 heteroatoms.